The number of furan rings is 1. The molecule has 4 heteroatoms. The lowest BCUT2D eigenvalue weighted by atomic mass is 10.1. The van der Waals surface area contributed by atoms with Crippen molar-refractivity contribution >= 4 is 27.9 Å². The maximum Gasteiger partial charge on any atom is 0.360 e. The first kappa shape index (κ1) is 10.8. The Balaban J connectivity index is 2.31. The number of para-hydroxylation sites is 1. The fraction of sp³-hybridized carbons (Fsp3) is 0.143. The molecule has 0 N–H and O–H groups in total. The summed E-state index contributed by atoms with van der Waals surface area (Å²) in [5, 5.41) is 1.85. The number of carbonyl (C=O) groups excluding carboxylic acids is 1. The van der Waals surface area contributed by atoms with Crippen molar-refractivity contribution in [1.82, 2.24) is 4.98 Å². The zero-order valence-corrected chi connectivity index (χ0v) is 9.84. The number of hydrogen-bond donors (Lipinski definition) is 0. The van der Waals surface area contributed by atoms with Crippen LogP contribution in [0.2, 0.25) is 0 Å². The number of benzene rings is 1. The van der Waals surface area contributed by atoms with Gasteiger partial charge in [-0.05, 0) is 19.1 Å². The van der Waals surface area contributed by atoms with Gasteiger partial charge in [0.05, 0.1) is 6.61 Å². The second-order valence-electron chi connectivity index (χ2n) is 3.85. The van der Waals surface area contributed by atoms with Gasteiger partial charge in [0.15, 0.2) is 11.3 Å². The molecule has 18 heavy (non-hydrogen) atoms. The fourth-order valence-electron chi connectivity index (χ4n) is 2.00. The Morgan fingerprint density at radius 1 is 1.28 bits per heavy atom. The van der Waals surface area contributed by atoms with Crippen LogP contribution in [0.3, 0.4) is 0 Å². The van der Waals surface area contributed by atoms with Crippen molar-refractivity contribution in [3.8, 4) is 0 Å². The van der Waals surface area contributed by atoms with E-state index in [9.17, 15) is 4.79 Å². The van der Waals surface area contributed by atoms with Crippen LogP contribution in [0.1, 0.15) is 17.4 Å². The molecule has 0 fully saturated rings. The first-order valence-corrected chi connectivity index (χ1v) is 5.74. The molecule has 0 spiro atoms. The van der Waals surface area contributed by atoms with Gasteiger partial charge in [0.1, 0.15) is 5.58 Å². The van der Waals surface area contributed by atoms with Crippen LogP contribution in [0, 0.1) is 0 Å². The van der Waals surface area contributed by atoms with E-state index < -0.39 is 5.97 Å². The zero-order chi connectivity index (χ0) is 12.5. The molecular weight excluding hydrogens is 230 g/mol. The van der Waals surface area contributed by atoms with Gasteiger partial charge in [-0.3, -0.25) is 0 Å². The molecule has 2 heterocycles. The minimum atomic E-state index is -0.456. The van der Waals surface area contributed by atoms with E-state index in [1.165, 1.54) is 0 Å². The number of carbonyl (C=O) groups is 1. The highest BCUT2D eigenvalue weighted by Crippen LogP contribution is 2.29. The monoisotopic (exact) mass is 241 g/mol. The number of esters is 1. The van der Waals surface area contributed by atoms with Crippen molar-refractivity contribution in [3.05, 3.63) is 42.2 Å². The molecule has 0 unspecified atom stereocenters. The van der Waals surface area contributed by atoms with Gasteiger partial charge in [0.2, 0.25) is 0 Å². The van der Waals surface area contributed by atoms with Crippen LogP contribution in [0.15, 0.2) is 40.9 Å². The second-order valence-corrected chi connectivity index (χ2v) is 3.85. The van der Waals surface area contributed by atoms with E-state index in [0.29, 0.717) is 12.2 Å². The molecular formula is C14H11NO3. The smallest absolute Gasteiger partial charge is 0.360 e. The van der Waals surface area contributed by atoms with Crippen LogP contribution in [0.25, 0.3) is 21.9 Å². The number of rotatable bonds is 2. The minimum absolute atomic E-state index is 0.227. The van der Waals surface area contributed by atoms with Gasteiger partial charge in [-0.15, -0.1) is 0 Å². The van der Waals surface area contributed by atoms with E-state index in [1.807, 2.05) is 30.3 Å². The normalized spacial score (nSPS) is 10.9. The molecule has 0 atom stereocenters. The minimum Gasteiger partial charge on any atom is -0.461 e. The quantitative estimate of drug-likeness (QED) is 0.647. The Kier molecular flexibility index (Phi) is 2.48. The lowest BCUT2D eigenvalue weighted by molar-refractivity contribution is 0.0521. The average molecular weight is 241 g/mol. The Hall–Kier alpha value is -2.36. The Morgan fingerprint density at radius 2 is 2.11 bits per heavy atom. The van der Waals surface area contributed by atoms with E-state index >= 15 is 0 Å². The van der Waals surface area contributed by atoms with Crippen molar-refractivity contribution in [1.29, 1.82) is 0 Å². The van der Waals surface area contributed by atoms with Crippen LogP contribution >= 0.6 is 0 Å². The standard InChI is InChI=1S/C14H11NO3/c1-2-17-14(16)12-13-10(7-8-15-12)9-5-3-4-6-11(9)18-13/h3-8H,2H2,1H3. The summed E-state index contributed by atoms with van der Waals surface area (Å²) in [4.78, 5) is 15.8. The largest absolute Gasteiger partial charge is 0.461 e. The molecule has 0 aliphatic rings. The van der Waals surface area contributed by atoms with Crippen LogP contribution in [0.4, 0.5) is 0 Å². The molecule has 3 rings (SSSR count). The van der Waals surface area contributed by atoms with Gasteiger partial charge in [0.25, 0.3) is 0 Å². The number of aromatic nitrogens is 1. The molecule has 0 radical (unpaired) electrons. The van der Waals surface area contributed by atoms with Crippen molar-refractivity contribution < 1.29 is 13.9 Å². The number of pyridine rings is 1. The highest BCUT2D eigenvalue weighted by atomic mass is 16.5. The third kappa shape index (κ3) is 1.54. The SMILES string of the molecule is CCOC(=O)c1nccc2c1oc1ccccc12. The Labute approximate surface area is 103 Å². The third-order valence-electron chi connectivity index (χ3n) is 2.76. The van der Waals surface area contributed by atoms with Gasteiger partial charge in [-0.2, -0.15) is 0 Å². The molecule has 0 amide bonds. The first-order valence-electron chi connectivity index (χ1n) is 5.74. The van der Waals surface area contributed by atoms with Crippen molar-refractivity contribution in [2.75, 3.05) is 6.61 Å². The molecule has 0 aliphatic heterocycles. The lowest BCUT2D eigenvalue weighted by Gasteiger charge is -2.00. The Bertz CT molecular complexity index is 730. The third-order valence-corrected chi connectivity index (χ3v) is 2.76. The van der Waals surface area contributed by atoms with Crippen LogP contribution in [0.5, 0.6) is 0 Å². The summed E-state index contributed by atoms with van der Waals surface area (Å²) in [6.07, 6.45) is 1.59. The number of nitrogens with zero attached hydrogens (tertiary/aromatic N) is 1. The van der Waals surface area contributed by atoms with Crippen molar-refractivity contribution in [3.63, 3.8) is 0 Å². The lowest BCUT2D eigenvalue weighted by Crippen LogP contribution is -2.06. The second kappa shape index (κ2) is 4.14. The maximum atomic E-state index is 11.8. The number of ether oxygens (including phenoxy) is 1. The first-order chi connectivity index (χ1) is 8.81. The predicted molar refractivity (Wildman–Crippen MR) is 67.5 cm³/mol. The summed E-state index contributed by atoms with van der Waals surface area (Å²) in [7, 11) is 0. The van der Waals surface area contributed by atoms with E-state index in [0.717, 1.165) is 16.4 Å². The van der Waals surface area contributed by atoms with Gasteiger partial charge in [-0.1, -0.05) is 18.2 Å². The van der Waals surface area contributed by atoms with E-state index in [2.05, 4.69) is 4.98 Å². The average Bonchev–Trinajstić information content (AvgIpc) is 2.77. The molecule has 0 bridgehead atoms. The number of fused-ring (bicyclic) bond motifs is 3. The highest BCUT2D eigenvalue weighted by molar-refractivity contribution is 6.10. The molecule has 2 aromatic heterocycles. The molecule has 0 saturated carbocycles. The van der Waals surface area contributed by atoms with Crippen LogP contribution < -0.4 is 0 Å². The summed E-state index contributed by atoms with van der Waals surface area (Å²) < 4.78 is 10.7. The number of hydrogen-bond acceptors (Lipinski definition) is 4. The van der Waals surface area contributed by atoms with E-state index in [-0.39, 0.29) is 5.69 Å². The topological polar surface area (TPSA) is 52.3 Å². The van der Waals surface area contributed by atoms with Crippen LogP contribution in [-0.4, -0.2) is 17.6 Å². The van der Waals surface area contributed by atoms with Crippen molar-refractivity contribution in [2.45, 2.75) is 6.92 Å². The molecule has 4 nitrogen and oxygen atoms in total. The summed E-state index contributed by atoms with van der Waals surface area (Å²) in [5.41, 5.74) is 1.45. The summed E-state index contributed by atoms with van der Waals surface area (Å²) in [5.74, 6) is -0.456. The maximum absolute atomic E-state index is 11.8. The summed E-state index contributed by atoms with van der Waals surface area (Å²) in [6, 6.07) is 9.48. The van der Waals surface area contributed by atoms with Crippen molar-refractivity contribution in [2.24, 2.45) is 0 Å². The zero-order valence-electron chi connectivity index (χ0n) is 9.84. The van der Waals surface area contributed by atoms with E-state index in [1.54, 1.807) is 13.1 Å². The van der Waals surface area contributed by atoms with Gasteiger partial charge >= 0.3 is 5.97 Å². The molecule has 0 aliphatic carbocycles. The van der Waals surface area contributed by atoms with Crippen LogP contribution in [-0.2, 0) is 4.74 Å². The molecule has 90 valence electrons. The molecule has 0 saturated heterocycles. The van der Waals surface area contributed by atoms with Gasteiger partial charge in [-0.25, -0.2) is 9.78 Å². The predicted octanol–water partition coefficient (Wildman–Crippen LogP) is 3.16. The van der Waals surface area contributed by atoms with Gasteiger partial charge in [0, 0.05) is 17.0 Å². The Morgan fingerprint density at radius 3 is 2.94 bits per heavy atom. The summed E-state index contributed by atoms with van der Waals surface area (Å²) >= 11 is 0. The molecule has 3 aromatic rings. The highest BCUT2D eigenvalue weighted by Gasteiger charge is 2.17. The fourth-order valence-corrected chi connectivity index (χ4v) is 2.00. The molecule has 1 aromatic carbocycles. The van der Waals surface area contributed by atoms with E-state index in [4.69, 9.17) is 9.15 Å². The summed E-state index contributed by atoms with van der Waals surface area (Å²) in [6.45, 7) is 2.08. The van der Waals surface area contributed by atoms with Gasteiger partial charge < -0.3 is 9.15 Å².